The summed E-state index contributed by atoms with van der Waals surface area (Å²) in [6.07, 6.45) is 21.6. The highest BCUT2D eigenvalue weighted by Gasteiger charge is 2.02. The zero-order chi connectivity index (χ0) is 29.2. The van der Waals surface area contributed by atoms with Crippen molar-refractivity contribution in [1.29, 1.82) is 0 Å². The molecule has 0 spiro atoms. The largest absolute Gasteiger partial charge is 0.494 e. The first kappa shape index (κ1) is 34.8. The molecule has 0 amide bonds. The summed E-state index contributed by atoms with van der Waals surface area (Å²) in [5.41, 5.74) is 2.70. The van der Waals surface area contributed by atoms with Gasteiger partial charge >= 0.3 is 0 Å². The van der Waals surface area contributed by atoms with E-state index < -0.39 is 0 Å². The molecular formula is C35H56N2O4. The molecule has 0 unspecified atom stereocenters. The van der Waals surface area contributed by atoms with E-state index in [1.807, 2.05) is 42.5 Å². The number of benzene rings is 2. The molecule has 0 saturated carbocycles. The Morgan fingerprint density at radius 1 is 0.488 bits per heavy atom. The maximum atomic E-state index is 8.81. The molecule has 2 rings (SSSR count). The number of ether oxygens (including phenoxy) is 2. The molecule has 41 heavy (non-hydrogen) atoms. The summed E-state index contributed by atoms with van der Waals surface area (Å²) in [6.45, 7) is 4.20. The predicted molar refractivity (Wildman–Crippen MR) is 170 cm³/mol. The van der Waals surface area contributed by atoms with Crippen molar-refractivity contribution in [1.82, 2.24) is 0 Å². The molecule has 0 aromatic heterocycles. The Hall–Kier alpha value is -2.44. The van der Waals surface area contributed by atoms with Gasteiger partial charge in [0.1, 0.15) is 11.5 Å². The molecule has 230 valence electrons. The summed E-state index contributed by atoms with van der Waals surface area (Å²) in [7, 11) is 0. The molecule has 0 bridgehead atoms. The van der Waals surface area contributed by atoms with Gasteiger partial charge in [0.15, 0.2) is 0 Å². The van der Waals surface area contributed by atoms with E-state index >= 15 is 0 Å². The maximum absolute atomic E-state index is 8.81. The van der Waals surface area contributed by atoms with E-state index in [-0.39, 0.29) is 0 Å². The van der Waals surface area contributed by atoms with Gasteiger partial charge in [-0.3, -0.25) is 0 Å². The summed E-state index contributed by atoms with van der Waals surface area (Å²) in [4.78, 5) is 0. The standard InChI is InChI=1S/C35H56N2O4/c1-31-30-33(22-25-35(31)41-29-19-15-11-7-3-5-9-13-17-27-39)37-36-32-20-23-34(24-21-32)40-28-18-14-10-6-2-4-8-12-16-26-38/h20-25,30,38-39H,2-19,26-29H2,1H3/b37-36-. The highest BCUT2D eigenvalue weighted by molar-refractivity contribution is 5.47. The average Bonchev–Trinajstić information content (AvgIpc) is 2.99. The van der Waals surface area contributed by atoms with Crippen LogP contribution >= 0.6 is 0 Å². The minimum atomic E-state index is 0.327. The summed E-state index contributed by atoms with van der Waals surface area (Å²) in [5, 5.41) is 26.4. The van der Waals surface area contributed by atoms with Gasteiger partial charge in [-0.05, 0) is 80.6 Å². The third-order valence-electron chi connectivity index (χ3n) is 7.41. The number of hydrogen-bond donors (Lipinski definition) is 2. The van der Waals surface area contributed by atoms with Gasteiger partial charge in [-0.2, -0.15) is 10.2 Å². The minimum Gasteiger partial charge on any atom is -0.494 e. The zero-order valence-corrected chi connectivity index (χ0v) is 25.7. The van der Waals surface area contributed by atoms with Crippen LogP contribution < -0.4 is 9.47 Å². The van der Waals surface area contributed by atoms with E-state index in [0.717, 1.165) is 80.2 Å². The van der Waals surface area contributed by atoms with Crippen LogP contribution in [0.15, 0.2) is 52.7 Å². The lowest BCUT2D eigenvalue weighted by molar-refractivity contribution is 0.282. The number of hydrogen-bond acceptors (Lipinski definition) is 6. The molecule has 0 aliphatic heterocycles. The fraction of sp³-hybridized carbons (Fsp3) is 0.657. The van der Waals surface area contributed by atoms with Gasteiger partial charge in [0.2, 0.25) is 0 Å². The second kappa shape index (κ2) is 24.2. The molecule has 0 radical (unpaired) electrons. The Morgan fingerprint density at radius 3 is 1.39 bits per heavy atom. The van der Waals surface area contributed by atoms with E-state index in [9.17, 15) is 0 Å². The second-order valence-corrected chi connectivity index (χ2v) is 11.2. The lowest BCUT2D eigenvalue weighted by Gasteiger charge is -2.09. The van der Waals surface area contributed by atoms with Gasteiger partial charge in [0, 0.05) is 13.2 Å². The monoisotopic (exact) mass is 568 g/mol. The summed E-state index contributed by atoms with van der Waals surface area (Å²) in [6, 6.07) is 13.8. The smallest absolute Gasteiger partial charge is 0.122 e. The molecule has 2 N–H and O–H groups in total. The van der Waals surface area contributed by atoms with E-state index in [4.69, 9.17) is 19.7 Å². The van der Waals surface area contributed by atoms with Gasteiger partial charge in [-0.25, -0.2) is 0 Å². The Kier molecular flexibility index (Phi) is 20.5. The van der Waals surface area contributed by atoms with Crippen molar-refractivity contribution in [3.05, 3.63) is 48.0 Å². The molecule has 0 saturated heterocycles. The van der Waals surface area contributed by atoms with Crippen LogP contribution in [0.4, 0.5) is 11.4 Å². The van der Waals surface area contributed by atoms with Gasteiger partial charge in [0.25, 0.3) is 0 Å². The van der Waals surface area contributed by atoms with Crippen LogP contribution in [0.3, 0.4) is 0 Å². The summed E-state index contributed by atoms with van der Waals surface area (Å²) < 4.78 is 11.9. The SMILES string of the molecule is Cc1cc(/N=N\c2ccc(OCCCCCCCCCCCO)cc2)ccc1OCCCCCCCCCCCO. The molecule has 6 heteroatoms. The zero-order valence-electron chi connectivity index (χ0n) is 25.7. The van der Waals surface area contributed by atoms with Crippen molar-refractivity contribution in [3.63, 3.8) is 0 Å². The van der Waals surface area contributed by atoms with Crippen molar-refractivity contribution < 1.29 is 19.7 Å². The number of azo groups is 1. The quantitative estimate of drug-likeness (QED) is 0.0873. The summed E-state index contributed by atoms with van der Waals surface area (Å²) >= 11 is 0. The van der Waals surface area contributed by atoms with Crippen molar-refractivity contribution in [2.75, 3.05) is 26.4 Å². The van der Waals surface area contributed by atoms with Crippen LogP contribution in [0, 0.1) is 6.92 Å². The topological polar surface area (TPSA) is 83.6 Å². The number of aryl methyl sites for hydroxylation is 1. The van der Waals surface area contributed by atoms with Crippen molar-refractivity contribution in [2.24, 2.45) is 10.2 Å². The van der Waals surface area contributed by atoms with E-state index in [0.29, 0.717) is 13.2 Å². The first-order valence-corrected chi connectivity index (χ1v) is 16.3. The highest BCUT2D eigenvalue weighted by Crippen LogP contribution is 2.26. The van der Waals surface area contributed by atoms with Crippen LogP contribution in [0.1, 0.15) is 121 Å². The van der Waals surface area contributed by atoms with E-state index in [1.54, 1.807) is 0 Å². The number of unbranched alkanes of at least 4 members (excludes halogenated alkanes) is 16. The maximum Gasteiger partial charge on any atom is 0.122 e. The van der Waals surface area contributed by atoms with Gasteiger partial charge in [-0.15, -0.1) is 0 Å². The fourth-order valence-corrected chi connectivity index (χ4v) is 4.86. The van der Waals surface area contributed by atoms with Crippen LogP contribution in [-0.4, -0.2) is 36.6 Å². The molecule has 0 atom stereocenters. The first-order valence-electron chi connectivity index (χ1n) is 16.3. The minimum absolute atomic E-state index is 0.327. The third-order valence-corrected chi connectivity index (χ3v) is 7.41. The number of aliphatic hydroxyl groups is 2. The van der Waals surface area contributed by atoms with Gasteiger partial charge < -0.3 is 19.7 Å². The lowest BCUT2D eigenvalue weighted by Crippen LogP contribution is -1.98. The average molecular weight is 569 g/mol. The normalized spacial score (nSPS) is 11.4. The van der Waals surface area contributed by atoms with Gasteiger partial charge in [0.05, 0.1) is 24.6 Å². The van der Waals surface area contributed by atoms with Crippen molar-refractivity contribution >= 4 is 11.4 Å². The van der Waals surface area contributed by atoms with Gasteiger partial charge in [-0.1, -0.05) is 89.9 Å². The third kappa shape index (κ3) is 17.9. The Morgan fingerprint density at radius 2 is 0.902 bits per heavy atom. The fourth-order valence-electron chi connectivity index (χ4n) is 4.86. The molecule has 0 aliphatic carbocycles. The van der Waals surface area contributed by atoms with Crippen LogP contribution in [0.25, 0.3) is 0 Å². The number of nitrogens with zero attached hydrogens (tertiary/aromatic N) is 2. The van der Waals surface area contributed by atoms with Crippen LogP contribution in [-0.2, 0) is 0 Å². The second-order valence-electron chi connectivity index (χ2n) is 11.2. The van der Waals surface area contributed by atoms with Crippen LogP contribution in [0.5, 0.6) is 11.5 Å². The van der Waals surface area contributed by atoms with E-state index in [2.05, 4.69) is 17.2 Å². The highest BCUT2D eigenvalue weighted by atomic mass is 16.5. The predicted octanol–water partition coefficient (Wildman–Crippen LogP) is 10.2. The lowest BCUT2D eigenvalue weighted by atomic mass is 10.1. The molecule has 0 aliphatic rings. The van der Waals surface area contributed by atoms with Crippen LogP contribution in [0.2, 0.25) is 0 Å². The Balaban J connectivity index is 1.55. The first-order chi connectivity index (χ1) is 20.2. The Bertz CT molecular complexity index is 917. The molecule has 2 aromatic carbocycles. The molecule has 0 heterocycles. The van der Waals surface area contributed by atoms with Crippen molar-refractivity contribution in [3.8, 4) is 11.5 Å². The van der Waals surface area contributed by atoms with E-state index in [1.165, 1.54) is 77.0 Å². The molecule has 2 aromatic rings. The molecule has 0 fully saturated rings. The number of aliphatic hydroxyl groups excluding tert-OH is 2. The molecular weight excluding hydrogens is 512 g/mol. The number of rotatable bonds is 26. The Labute approximate surface area is 249 Å². The summed E-state index contributed by atoms with van der Waals surface area (Å²) in [5.74, 6) is 1.79. The molecule has 6 nitrogen and oxygen atoms in total. The van der Waals surface area contributed by atoms with Crippen molar-refractivity contribution in [2.45, 2.75) is 122 Å².